The zero-order chi connectivity index (χ0) is 21.1. The van der Waals surface area contributed by atoms with Crippen LogP contribution >= 0.6 is 0 Å². The van der Waals surface area contributed by atoms with Crippen molar-refractivity contribution in [3.05, 3.63) is 35.4 Å². The molecule has 0 radical (unpaired) electrons. The van der Waals surface area contributed by atoms with Gasteiger partial charge in [0.1, 0.15) is 0 Å². The summed E-state index contributed by atoms with van der Waals surface area (Å²) in [5, 5.41) is 9.04. The Kier molecular flexibility index (Phi) is 6.44. The van der Waals surface area contributed by atoms with Gasteiger partial charge in [0.15, 0.2) is 0 Å². The van der Waals surface area contributed by atoms with E-state index in [0.29, 0.717) is 30.6 Å². The summed E-state index contributed by atoms with van der Waals surface area (Å²) < 4.78 is 12.0. The molecule has 0 spiro atoms. The zero-order valence-corrected chi connectivity index (χ0v) is 17.8. The van der Waals surface area contributed by atoms with E-state index in [0.717, 1.165) is 50.9 Å². The van der Waals surface area contributed by atoms with E-state index < -0.39 is 5.97 Å². The van der Waals surface area contributed by atoms with E-state index in [4.69, 9.17) is 14.6 Å². The van der Waals surface area contributed by atoms with Crippen LogP contribution in [0.4, 0.5) is 0 Å². The fourth-order valence-electron chi connectivity index (χ4n) is 5.11. The van der Waals surface area contributed by atoms with Crippen LogP contribution in [0.1, 0.15) is 73.7 Å². The van der Waals surface area contributed by atoms with Crippen LogP contribution in [0.25, 0.3) is 0 Å². The molecular weight excluding hydrogens is 382 g/mol. The first-order chi connectivity index (χ1) is 14.4. The van der Waals surface area contributed by atoms with Gasteiger partial charge in [0.05, 0.1) is 37.4 Å². The Labute approximate surface area is 178 Å². The molecule has 30 heavy (non-hydrogen) atoms. The van der Waals surface area contributed by atoms with Crippen molar-refractivity contribution < 1.29 is 24.2 Å². The third kappa shape index (κ3) is 4.86. The molecular formula is C24H33NO5. The topological polar surface area (TPSA) is 76.1 Å². The molecule has 1 N–H and O–H groups in total. The summed E-state index contributed by atoms with van der Waals surface area (Å²) in [5.74, 6) is -0.351. The number of fused-ring (bicyclic) bond motifs is 3. The van der Waals surface area contributed by atoms with Gasteiger partial charge in [-0.15, -0.1) is 0 Å². The van der Waals surface area contributed by atoms with E-state index in [9.17, 15) is 9.59 Å². The van der Waals surface area contributed by atoms with Gasteiger partial charge in [-0.2, -0.15) is 0 Å². The highest BCUT2D eigenvalue weighted by molar-refractivity contribution is 5.87. The van der Waals surface area contributed by atoms with Gasteiger partial charge < -0.3 is 19.5 Å². The third-order valence-corrected chi connectivity index (χ3v) is 7.23. The fourth-order valence-corrected chi connectivity index (χ4v) is 5.11. The summed E-state index contributed by atoms with van der Waals surface area (Å²) in [7, 11) is 0. The second kappa shape index (κ2) is 9.06. The van der Waals surface area contributed by atoms with Crippen molar-refractivity contribution in [3.8, 4) is 0 Å². The number of carboxylic acids is 1. The summed E-state index contributed by atoms with van der Waals surface area (Å²) in [6, 6.07) is 7.14. The number of hydrogen-bond donors (Lipinski definition) is 1. The maximum Gasteiger partial charge on any atom is 0.335 e. The predicted molar refractivity (Wildman–Crippen MR) is 113 cm³/mol. The minimum Gasteiger partial charge on any atom is -0.478 e. The van der Waals surface area contributed by atoms with E-state index in [2.05, 4.69) is 0 Å². The molecule has 1 unspecified atom stereocenters. The Morgan fingerprint density at radius 2 is 1.83 bits per heavy atom. The summed E-state index contributed by atoms with van der Waals surface area (Å²) in [6.45, 7) is 4.99. The Bertz CT molecular complexity index is 732. The van der Waals surface area contributed by atoms with Crippen molar-refractivity contribution in [2.45, 2.75) is 70.0 Å². The van der Waals surface area contributed by atoms with Crippen molar-refractivity contribution in [2.75, 3.05) is 26.3 Å². The number of aromatic carboxylic acids is 1. The highest BCUT2D eigenvalue weighted by Crippen LogP contribution is 2.43. The van der Waals surface area contributed by atoms with Gasteiger partial charge in [-0.1, -0.05) is 12.1 Å². The molecule has 3 heterocycles. The van der Waals surface area contributed by atoms with Crippen LogP contribution in [0.15, 0.2) is 24.3 Å². The molecule has 2 bridgehead atoms. The largest absolute Gasteiger partial charge is 0.478 e. The van der Waals surface area contributed by atoms with Gasteiger partial charge in [-0.3, -0.25) is 4.79 Å². The first-order valence-electron chi connectivity index (χ1n) is 11.3. The van der Waals surface area contributed by atoms with Crippen LogP contribution < -0.4 is 0 Å². The van der Waals surface area contributed by atoms with E-state index in [1.807, 2.05) is 24.0 Å². The maximum atomic E-state index is 12.7. The molecule has 1 amide bonds. The number of carboxylic acid groups (broad SMARTS) is 1. The third-order valence-electron chi connectivity index (χ3n) is 7.23. The van der Waals surface area contributed by atoms with Gasteiger partial charge in [-0.25, -0.2) is 4.79 Å². The highest BCUT2D eigenvalue weighted by Gasteiger charge is 2.41. The zero-order valence-electron chi connectivity index (χ0n) is 17.8. The maximum absolute atomic E-state index is 12.7. The number of likely N-dealkylation sites (tertiary alicyclic amines) is 1. The Hall–Kier alpha value is -1.92. The molecule has 3 saturated heterocycles. The molecule has 164 valence electrons. The average Bonchev–Trinajstić information content (AvgIpc) is 2.79. The first-order valence-corrected chi connectivity index (χ1v) is 11.3. The normalized spacial score (nSPS) is 27.8. The highest BCUT2D eigenvalue weighted by atomic mass is 16.5. The van der Waals surface area contributed by atoms with Crippen LogP contribution in [-0.2, 0) is 14.3 Å². The Morgan fingerprint density at radius 3 is 2.40 bits per heavy atom. The molecule has 1 aliphatic carbocycles. The van der Waals surface area contributed by atoms with Gasteiger partial charge in [0.2, 0.25) is 5.91 Å². The average molecular weight is 416 g/mol. The van der Waals surface area contributed by atoms with Gasteiger partial charge in [0.25, 0.3) is 0 Å². The van der Waals surface area contributed by atoms with Gasteiger partial charge >= 0.3 is 5.97 Å². The van der Waals surface area contributed by atoms with Crippen molar-refractivity contribution >= 4 is 11.9 Å². The smallest absolute Gasteiger partial charge is 0.335 e. The van der Waals surface area contributed by atoms with Crippen molar-refractivity contribution in [1.82, 2.24) is 4.90 Å². The molecule has 1 aromatic carbocycles. The van der Waals surface area contributed by atoms with Crippen LogP contribution in [-0.4, -0.2) is 60.4 Å². The number of piperidine rings is 1. The number of amides is 1. The van der Waals surface area contributed by atoms with Crippen LogP contribution in [0.3, 0.4) is 0 Å². The quantitative estimate of drug-likeness (QED) is 0.732. The molecule has 6 nitrogen and oxygen atoms in total. The number of benzene rings is 1. The molecule has 0 aromatic heterocycles. The van der Waals surface area contributed by atoms with Crippen LogP contribution in [0.2, 0.25) is 0 Å². The van der Waals surface area contributed by atoms with Crippen molar-refractivity contribution in [1.29, 1.82) is 0 Å². The monoisotopic (exact) mass is 415 g/mol. The van der Waals surface area contributed by atoms with Crippen molar-refractivity contribution in [2.24, 2.45) is 5.41 Å². The minimum absolute atomic E-state index is 0.0761. The van der Waals surface area contributed by atoms with E-state index in [-0.39, 0.29) is 17.4 Å². The fraction of sp³-hybridized carbons (Fsp3) is 0.667. The second-order valence-electron chi connectivity index (χ2n) is 9.42. The summed E-state index contributed by atoms with van der Waals surface area (Å²) in [4.78, 5) is 25.7. The molecule has 4 aliphatic rings. The summed E-state index contributed by atoms with van der Waals surface area (Å²) >= 11 is 0. The number of carbonyl (C=O) groups is 2. The lowest BCUT2D eigenvalue weighted by atomic mass is 9.72. The number of nitrogens with zero attached hydrogens (tertiary/aromatic N) is 1. The molecule has 1 saturated carbocycles. The second-order valence-corrected chi connectivity index (χ2v) is 9.42. The molecule has 1 atom stereocenters. The Balaban J connectivity index is 1.20. The number of hydrogen-bond acceptors (Lipinski definition) is 4. The SMILES string of the molecule is CC(CC(=O)N1CCC(c2ccc(C(=O)O)cc2)CC1)OCC12CCC(CC1)OC2. The summed E-state index contributed by atoms with van der Waals surface area (Å²) in [6.07, 6.45) is 7.28. The number of ether oxygens (including phenoxy) is 2. The van der Waals surface area contributed by atoms with Gasteiger partial charge in [0, 0.05) is 18.5 Å². The lowest BCUT2D eigenvalue weighted by Gasteiger charge is -2.46. The minimum atomic E-state index is -0.901. The Morgan fingerprint density at radius 1 is 1.17 bits per heavy atom. The number of rotatable bonds is 7. The lowest BCUT2D eigenvalue weighted by molar-refractivity contribution is -0.153. The van der Waals surface area contributed by atoms with E-state index in [1.54, 1.807) is 12.1 Å². The summed E-state index contributed by atoms with van der Waals surface area (Å²) in [5.41, 5.74) is 1.64. The standard InChI is InChI=1S/C24H33NO5/c1-17(29-15-24-10-6-21(7-11-24)30-16-24)14-22(26)25-12-8-19(9-13-25)18-2-4-20(5-3-18)23(27)28/h2-5,17,19,21H,6-16H2,1H3,(H,27,28). The molecule has 5 rings (SSSR count). The van der Waals surface area contributed by atoms with Gasteiger partial charge in [-0.05, 0) is 69.1 Å². The predicted octanol–water partition coefficient (Wildman–Crippen LogP) is 3.85. The number of carbonyl (C=O) groups excluding carboxylic acids is 1. The van der Waals surface area contributed by atoms with Crippen molar-refractivity contribution in [3.63, 3.8) is 0 Å². The lowest BCUT2D eigenvalue weighted by Crippen LogP contribution is -2.46. The van der Waals surface area contributed by atoms with Crippen LogP contribution in [0, 0.1) is 5.41 Å². The molecule has 1 aromatic rings. The molecule has 4 fully saturated rings. The first kappa shape index (κ1) is 21.3. The molecule has 6 heteroatoms. The van der Waals surface area contributed by atoms with E-state index in [1.165, 1.54) is 12.8 Å². The van der Waals surface area contributed by atoms with Crippen LogP contribution in [0.5, 0.6) is 0 Å². The van der Waals surface area contributed by atoms with E-state index >= 15 is 0 Å². The molecule has 3 aliphatic heterocycles.